The minimum absolute atomic E-state index is 0.117. The number of sulfonamides is 1. The first-order valence-electron chi connectivity index (χ1n) is 7.10. The second-order valence-electron chi connectivity index (χ2n) is 5.32. The van der Waals surface area contributed by atoms with Gasteiger partial charge < -0.3 is 0 Å². The Labute approximate surface area is 140 Å². The maximum atomic E-state index is 13.1. The maximum Gasteiger partial charge on any atom is 0.264 e. The Morgan fingerprint density at radius 3 is 2.33 bits per heavy atom. The second-order valence-corrected chi connectivity index (χ2v) is 7.19. The minimum Gasteiger partial charge on any atom is -0.293 e. The average molecular weight is 351 g/mol. The second kappa shape index (κ2) is 6.98. The van der Waals surface area contributed by atoms with Crippen molar-refractivity contribution >= 4 is 21.6 Å². The molecular formula is C16H18FN3O3S. The van der Waals surface area contributed by atoms with E-state index in [9.17, 15) is 17.6 Å². The Balaban J connectivity index is 2.57. The molecule has 0 aliphatic carbocycles. The Morgan fingerprint density at radius 2 is 1.79 bits per heavy atom. The van der Waals surface area contributed by atoms with Gasteiger partial charge in [0.1, 0.15) is 12.4 Å². The van der Waals surface area contributed by atoms with Crippen LogP contribution in [-0.4, -0.2) is 20.9 Å². The summed E-state index contributed by atoms with van der Waals surface area (Å²) in [5.74, 6) is 3.88. The van der Waals surface area contributed by atoms with Gasteiger partial charge in [0.2, 0.25) is 0 Å². The zero-order valence-corrected chi connectivity index (χ0v) is 14.1. The molecule has 8 heteroatoms. The molecule has 3 N–H and O–H groups in total. The SMILES string of the molecule is Cc1ccc(N(CC(=O)NN)S(=O)(=O)c2ccc(F)cc2)c(C)c1. The van der Waals surface area contributed by atoms with Gasteiger partial charge in [-0.1, -0.05) is 17.7 Å². The molecule has 1 amide bonds. The molecule has 0 fully saturated rings. The Morgan fingerprint density at radius 1 is 1.17 bits per heavy atom. The molecule has 0 aromatic heterocycles. The number of amides is 1. The Kier molecular flexibility index (Phi) is 5.20. The number of hydrogen-bond donors (Lipinski definition) is 2. The summed E-state index contributed by atoms with van der Waals surface area (Å²) in [6.45, 7) is 3.14. The summed E-state index contributed by atoms with van der Waals surface area (Å²) in [4.78, 5) is 11.6. The molecule has 0 aliphatic heterocycles. The summed E-state index contributed by atoms with van der Waals surface area (Å²) in [7, 11) is -4.06. The highest BCUT2D eigenvalue weighted by Crippen LogP contribution is 2.27. The molecule has 2 aromatic carbocycles. The maximum absolute atomic E-state index is 13.1. The van der Waals surface area contributed by atoms with Crippen molar-refractivity contribution in [3.63, 3.8) is 0 Å². The lowest BCUT2D eigenvalue weighted by molar-refractivity contribution is -0.119. The van der Waals surface area contributed by atoms with Crippen molar-refractivity contribution in [1.29, 1.82) is 0 Å². The Hall–Kier alpha value is -2.45. The van der Waals surface area contributed by atoms with Crippen LogP contribution in [0.5, 0.6) is 0 Å². The lowest BCUT2D eigenvalue weighted by Crippen LogP contribution is -2.43. The molecule has 0 saturated carbocycles. The van der Waals surface area contributed by atoms with E-state index in [0.29, 0.717) is 11.3 Å². The molecule has 0 spiro atoms. The molecule has 0 saturated heterocycles. The van der Waals surface area contributed by atoms with E-state index in [4.69, 9.17) is 5.84 Å². The molecule has 0 aliphatic rings. The quantitative estimate of drug-likeness (QED) is 0.486. The molecule has 0 atom stereocenters. The molecule has 2 rings (SSSR count). The molecule has 128 valence electrons. The summed E-state index contributed by atoms with van der Waals surface area (Å²) >= 11 is 0. The van der Waals surface area contributed by atoms with E-state index < -0.39 is 28.3 Å². The van der Waals surface area contributed by atoms with Gasteiger partial charge in [-0.3, -0.25) is 14.5 Å². The van der Waals surface area contributed by atoms with Crippen molar-refractivity contribution in [2.24, 2.45) is 5.84 Å². The van der Waals surface area contributed by atoms with Crippen molar-refractivity contribution in [2.75, 3.05) is 10.8 Å². The van der Waals surface area contributed by atoms with Crippen molar-refractivity contribution in [1.82, 2.24) is 5.43 Å². The van der Waals surface area contributed by atoms with Crippen LogP contribution in [-0.2, 0) is 14.8 Å². The van der Waals surface area contributed by atoms with Crippen molar-refractivity contribution in [3.8, 4) is 0 Å². The van der Waals surface area contributed by atoms with Crippen LogP contribution in [0.15, 0.2) is 47.4 Å². The first-order valence-corrected chi connectivity index (χ1v) is 8.54. The lowest BCUT2D eigenvalue weighted by atomic mass is 10.1. The topological polar surface area (TPSA) is 92.5 Å². The fraction of sp³-hybridized carbons (Fsp3) is 0.188. The number of anilines is 1. The molecule has 2 aromatic rings. The zero-order chi connectivity index (χ0) is 17.9. The van der Waals surface area contributed by atoms with Crippen LogP contribution in [0.25, 0.3) is 0 Å². The standard InChI is InChI=1S/C16H18FN3O3S/c1-11-3-8-15(12(2)9-11)20(10-16(21)19-18)24(22,23)14-6-4-13(17)5-7-14/h3-9H,10,18H2,1-2H3,(H,19,21). The van der Waals surface area contributed by atoms with Crippen LogP contribution in [0, 0.1) is 19.7 Å². The van der Waals surface area contributed by atoms with E-state index in [0.717, 1.165) is 34.1 Å². The summed E-state index contributed by atoms with van der Waals surface area (Å²) in [5.41, 5.74) is 3.92. The molecular weight excluding hydrogens is 333 g/mol. The van der Waals surface area contributed by atoms with Gasteiger partial charge in [-0.05, 0) is 49.7 Å². The number of carbonyl (C=O) groups excluding carboxylic acids is 1. The van der Waals surface area contributed by atoms with E-state index in [2.05, 4.69) is 0 Å². The lowest BCUT2D eigenvalue weighted by Gasteiger charge is -2.25. The third-order valence-corrected chi connectivity index (χ3v) is 5.24. The van der Waals surface area contributed by atoms with Gasteiger partial charge in [0.15, 0.2) is 0 Å². The molecule has 24 heavy (non-hydrogen) atoms. The number of rotatable bonds is 5. The highest BCUT2D eigenvalue weighted by atomic mass is 32.2. The van der Waals surface area contributed by atoms with Gasteiger partial charge in [-0.15, -0.1) is 0 Å². The van der Waals surface area contributed by atoms with Gasteiger partial charge in [0.25, 0.3) is 15.9 Å². The number of hydrazine groups is 1. The van der Waals surface area contributed by atoms with E-state index in [1.54, 1.807) is 19.1 Å². The van der Waals surface area contributed by atoms with Crippen molar-refractivity contribution in [3.05, 3.63) is 59.4 Å². The van der Waals surface area contributed by atoms with E-state index in [1.165, 1.54) is 0 Å². The predicted molar refractivity (Wildman–Crippen MR) is 89.2 cm³/mol. The largest absolute Gasteiger partial charge is 0.293 e. The third kappa shape index (κ3) is 3.72. The van der Waals surface area contributed by atoms with Crippen molar-refractivity contribution in [2.45, 2.75) is 18.7 Å². The molecule has 0 radical (unpaired) electrons. The fourth-order valence-electron chi connectivity index (χ4n) is 2.29. The number of nitrogens with one attached hydrogen (secondary N) is 1. The van der Waals surface area contributed by atoms with Crippen molar-refractivity contribution < 1.29 is 17.6 Å². The number of hydrogen-bond acceptors (Lipinski definition) is 4. The predicted octanol–water partition coefficient (Wildman–Crippen LogP) is 1.63. The fourth-order valence-corrected chi connectivity index (χ4v) is 3.78. The number of nitrogens with zero attached hydrogens (tertiary/aromatic N) is 1. The summed E-state index contributed by atoms with van der Waals surface area (Å²) in [6, 6.07) is 9.59. The van der Waals surface area contributed by atoms with Gasteiger partial charge in [0.05, 0.1) is 10.6 Å². The van der Waals surface area contributed by atoms with Crippen LogP contribution >= 0.6 is 0 Å². The van der Waals surface area contributed by atoms with Gasteiger partial charge >= 0.3 is 0 Å². The zero-order valence-electron chi connectivity index (χ0n) is 13.3. The number of benzene rings is 2. The van der Waals surface area contributed by atoms with Crippen LogP contribution in [0.1, 0.15) is 11.1 Å². The normalized spacial score (nSPS) is 11.2. The molecule has 0 bridgehead atoms. The summed E-state index contributed by atoms with van der Waals surface area (Å²) in [6.07, 6.45) is 0. The summed E-state index contributed by atoms with van der Waals surface area (Å²) < 4.78 is 39.9. The van der Waals surface area contributed by atoms with Gasteiger partial charge in [-0.2, -0.15) is 0 Å². The Bertz CT molecular complexity index is 851. The van der Waals surface area contributed by atoms with Crippen LogP contribution in [0.3, 0.4) is 0 Å². The van der Waals surface area contributed by atoms with Crippen LogP contribution in [0.4, 0.5) is 10.1 Å². The first-order chi connectivity index (χ1) is 11.3. The van der Waals surface area contributed by atoms with Gasteiger partial charge in [-0.25, -0.2) is 18.7 Å². The van der Waals surface area contributed by atoms with Crippen LogP contribution in [0.2, 0.25) is 0 Å². The molecule has 6 nitrogen and oxygen atoms in total. The van der Waals surface area contributed by atoms with Gasteiger partial charge in [0, 0.05) is 0 Å². The monoisotopic (exact) mass is 351 g/mol. The van der Waals surface area contributed by atoms with E-state index >= 15 is 0 Å². The highest BCUT2D eigenvalue weighted by Gasteiger charge is 2.28. The minimum atomic E-state index is -4.06. The average Bonchev–Trinajstić information content (AvgIpc) is 2.53. The third-order valence-electron chi connectivity index (χ3n) is 3.47. The highest BCUT2D eigenvalue weighted by molar-refractivity contribution is 7.92. The first kappa shape index (κ1) is 17.9. The van der Waals surface area contributed by atoms with Crippen LogP contribution < -0.4 is 15.6 Å². The van der Waals surface area contributed by atoms with E-state index in [-0.39, 0.29) is 4.90 Å². The smallest absolute Gasteiger partial charge is 0.264 e. The number of halogens is 1. The number of carbonyl (C=O) groups is 1. The number of nitrogens with two attached hydrogens (primary N) is 1. The molecule has 0 unspecified atom stereocenters. The number of aryl methyl sites for hydroxylation is 2. The summed E-state index contributed by atoms with van der Waals surface area (Å²) in [5, 5.41) is 0. The molecule has 0 heterocycles. The van der Waals surface area contributed by atoms with E-state index in [1.807, 2.05) is 18.4 Å².